The second-order valence-corrected chi connectivity index (χ2v) is 5.81. The van der Waals surface area contributed by atoms with Crippen molar-refractivity contribution in [3.8, 4) is 0 Å². The first kappa shape index (κ1) is 14.1. The molecule has 0 bridgehead atoms. The average Bonchev–Trinajstić information content (AvgIpc) is 3.14. The monoisotopic (exact) mass is 305 g/mol. The molecule has 110 valence electrons. The summed E-state index contributed by atoms with van der Waals surface area (Å²) in [5, 5.41) is 3.42. The Morgan fingerprint density at radius 3 is 3.00 bits per heavy atom. The van der Waals surface area contributed by atoms with Gasteiger partial charge in [0.1, 0.15) is 6.26 Å². The van der Waals surface area contributed by atoms with Crippen LogP contribution in [0, 0.1) is 5.92 Å². The minimum atomic E-state index is -0.259. The molecule has 0 saturated heterocycles. The predicted molar refractivity (Wildman–Crippen MR) is 78.1 cm³/mol. The lowest BCUT2D eigenvalue weighted by molar-refractivity contribution is 0.0934. The predicted octanol–water partition coefficient (Wildman–Crippen LogP) is 3.17. The Balaban J connectivity index is 1.61. The molecule has 3 rings (SSSR count). The number of carbonyl (C=O) groups is 1. The van der Waals surface area contributed by atoms with Crippen LogP contribution in [0.25, 0.3) is 0 Å². The standard InChI is InChI=1S/C15H16ClN3O2/c1-9(12-5-4-11(16)7-17-12)18-15(20)13-8-21-14(19-13)6-10-2-3-10/h4-5,7-10H,2-3,6H2,1H3,(H,18,20)/t9-/m0/s1. The fourth-order valence-electron chi connectivity index (χ4n) is 2.07. The highest BCUT2D eigenvalue weighted by Gasteiger charge is 2.24. The van der Waals surface area contributed by atoms with Gasteiger partial charge in [-0.25, -0.2) is 4.98 Å². The molecule has 0 spiro atoms. The average molecular weight is 306 g/mol. The third-order valence-electron chi connectivity index (χ3n) is 3.49. The third kappa shape index (κ3) is 3.61. The Morgan fingerprint density at radius 1 is 1.52 bits per heavy atom. The van der Waals surface area contributed by atoms with Crippen molar-refractivity contribution in [1.29, 1.82) is 0 Å². The van der Waals surface area contributed by atoms with Gasteiger partial charge in [-0.2, -0.15) is 0 Å². The highest BCUT2D eigenvalue weighted by atomic mass is 35.5. The van der Waals surface area contributed by atoms with Crippen molar-refractivity contribution in [3.05, 3.63) is 46.9 Å². The van der Waals surface area contributed by atoms with Gasteiger partial charge >= 0.3 is 0 Å². The van der Waals surface area contributed by atoms with Gasteiger partial charge in [-0.1, -0.05) is 11.6 Å². The molecule has 0 aliphatic heterocycles. The number of amides is 1. The van der Waals surface area contributed by atoms with Crippen LogP contribution in [0.1, 0.15) is 47.9 Å². The molecule has 1 aliphatic rings. The molecule has 1 fully saturated rings. The molecule has 21 heavy (non-hydrogen) atoms. The summed E-state index contributed by atoms with van der Waals surface area (Å²) in [6.45, 7) is 1.86. The largest absolute Gasteiger partial charge is 0.448 e. The minimum absolute atomic E-state index is 0.224. The van der Waals surface area contributed by atoms with E-state index in [9.17, 15) is 4.79 Å². The fourth-order valence-corrected chi connectivity index (χ4v) is 2.18. The fraction of sp³-hybridized carbons (Fsp3) is 0.400. The summed E-state index contributed by atoms with van der Waals surface area (Å²) < 4.78 is 5.33. The van der Waals surface area contributed by atoms with Crippen LogP contribution < -0.4 is 5.32 Å². The number of pyridine rings is 1. The number of aromatic nitrogens is 2. The van der Waals surface area contributed by atoms with Crippen LogP contribution in [0.5, 0.6) is 0 Å². The molecule has 2 aromatic rings. The van der Waals surface area contributed by atoms with Crippen LogP contribution >= 0.6 is 11.6 Å². The van der Waals surface area contributed by atoms with Crippen LogP contribution in [0.3, 0.4) is 0 Å². The Bertz CT molecular complexity index is 635. The number of hydrogen-bond donors (Lipinski definition) is 1. The van der Waals surface area contributed by atoms with E-state index in [4.69, 9.17) is 16.0 Å². The molecular weight excluding hydrogens is 290 g/mol. The third-order valence-corrected chi connectivity index (χ3v) is 3.71. The number of nitrogens with one attached hydrogen (secondary N) is 1. The second-order valence-electron chi connectivity index (χ2n) is 5.37. The van der Waals surface area contributed by atoms with Gasteiger partial charge in [-0.05, 0) is 37.8 Å². The first-order valence-electron chi connectivity index (χ1n) is 6.98. The lowest BCUT2D eigenvalue weighted by Crippen LogP contribution is -2.27. The number of rotatable bonds is 5. The minimum Gasteiger partial charge on any atom is -0.448 e. The van der Waals surface area contributed by atoms with Crippen molar-refractivity contribution in [2.45, 2.75) is 32.2 Å². The number of halogens is 1. The smallest absolute Gasteiger partial charge is 0.273 e. The van der Waals surface area contributed by atoms with Gasteiger partial charge in [0.2, 0.25) is 0 Å². The van der Waals surface area contributed by atoms with E-state index in [-0.39, 0.29) is 11.9 Å². The molecule has 0 unspecified atom stereocenters. The summed E-state index contributed by atoms with van der Waals surface area (Å²) in [6.07, 6.45) is 6.24. The van der Waals surface area contributed by atoms with Crippen LogP contribution in [0.15, 0.2) is 29.0 Å². The highest BCUT2D eigenvalue weighted by Crippen LogP contribution is 2.32. The van der Waals surface area contributed by atoms with Gasteiger partial charge in [-0.3, -0.25) is 9.78 Å². The number of oxazole rings is 1. The molecule has 5 nitrogen and oxygen atoms in total. The van der Waals surface area contributed by atoms with E-state index in [1.165, 1.54) is 19.1 Å². The Kier molecular flexibility index (Phi) is 3.92. The maximum absolute atomic E-state index is 12.1. The second kappa shape index (κ2) is 5.85. The van der Waals surface area contributed by atoms with Crippen LogP contribution in [-0.2, 0) is 6.42 Å². The van der Waals surface area contributed by atoms with E-state index < -0.39 is 0 Å². The van der Waals surface area contributed by atoms with Crippen molar-refractivity contribution < 1.29 is 9.21 Å². The van der Waals surface area contributed by atoms with Gasteiger partial charge in [0.05, 0.1) is 16.8 Å². The Labute approximate surface area is 127 Å². The molecule has 1 atom stereocenters. The molecule has 0 radical (unpaired) electrons. The van der Waals surface area contributed by atoms with E-state index in [2.05, 4.69) is 15.3 Å². The summed E-state index contributed by atoms with van der Waals surface area (Å²) >= 11 is 5.80. The van der Waals surface area contributed by atoms with E-state index in [0.29, 0.717) is 22.5 Å². The normalized spacial score (nSPS) is 15.7. The van der Waals surface area contributed by atoms with Crippen molar-refractivity contribution in [2.75, 3.05) is 0 Å². The van der Waals surface area contributed by atoms with Crippen molar-refractivity contribution in [1.82, 2.24) is 15.3 Å². The highest BCUT2D eigenvalue weighted by molar-refractivity contribution is 6.30. The van der Waals surface area contributed by atoms with Crippen molar-refractivity contribution in [3.63, 3.8) is 0 Å². The summed E-state index contributed by atoms with van der Waals surface area (Å²) in [6, 6.07) is 3.31. The van der Waals surface area contributed by atoms with Crippen LogP contribution in [-0.4, -0.2) is 15.9 Å². The van der Waals surface area contributed by atoms with Gasteiger partial charge < -0.3 is 9.73 Å². The van der Waals surface area contributed by atoms with Gasteiger partial charge in [0.25, 0.3) is 5.91 Å². The van der Waals surface area contributed by atoms with Crippen molar-refractivity contribution >= 4 is 17.5 Å². The number of hydrogen-bond acceptors (Lipinski definition) is 4. The summed E-state index contributed by atoms with van der Waals surface area (Å²) in [4.78, 5) is 20.5. The molecule has 1 aliphatic carbocycles. The van der Waals surface area contributed by atoms with Crippen LogP contribution in [0.4, 0.5) is 0 Å². The SMILES string of the molecule is C[C@H](NC(=O)c1coc(CC2CC2)n1)c1ccc(Cl)cn1. The zero-order chi connectivity index (χ0) is 14.8. The number of nitrogens with zero attached hydrogens (tertiary/aromatic N) is 2. The molecule has 2 aromatic heterocycles. The Morgan fingerprint density at radius 2 is 2.33 bits per heavy atom. The summed E-state index contributed by atoms with van der Waals surface area (Å²) in [5.41, 5.74) is 1.06. The van der Waals surface area contributed by atoms with Gasteiger partial charge in [0.15, 0.2) is 11.6 Å². The Hall–Kier alpha value is -1.88. The lowest BCUT2D eigenvalue weighted by Gasteiger charge is -2.12. The van der Waals surface area contributed by atoms with E-state index in [1.54, 1.807) is 18.3 Å². The molecule has 1 saturated carbocycles. The molecular formula is C15H16ClN3O2. The van der Waals surface area contributed by atoms with Gasteiger partial charge in [-0.15, -0.1) is 0 Å². The van der Waals surface area contributed by atoms with E-state index in [1.807, 2.05) is 6.92 Å². The maximum Gasteiger partial charge on any atom is 0.273 e. The van der Waals surface area contributed by atoms with Crippen LogP contribution in [0.2, 0.25) is 5.02 Å². The van der Waals surface area contributed by atoms with Gasteiger partial charge in [0, 0.05) is 12.6 Å². The lowest BCUT2D eigenvalue weighted by atomic mass is 10.2. The maximum atomic E-state index is 12.1. The first-order chi connectivity index (χ1) is 10.1. The quantitative estimate of drug-likeness (QED) is 0.921. The summed E-state index contributed by atoms with van der Waals surface area (Å²) in [5.74, 6) is 1.06. The van der Waals surface area contributed by atoms with Crippen molar-refractivity contribution in [2.24, 2.45) is 5.92 Å². The van der Waals surface area contributed by atoms with E-state index >= 15 is 0 Å². The molecule has 1 amide bonds. The molecule has 1 N–H and O–H groups in total. The summed E-state index contributed by atoms with van der Waals surface area (Å²) in [7, 11) is 0. The zero-order valence-corrected chi connectivity index (χ0v) is 12.4. The molecule has 0 aromatic carbocycles. The zero-order valence-electron chi connectivity index (χ0n) is 11.7. The first-order valence-corrected chi connectivity index (χ1v) is 7.36. The van der Waals surface area contributed by atoms with E-state index in [0.717, 1.165) is 12.1 Å². The molecule has 6 heteroatoms. The topological polar surface area (TPSA) is 68.0 Å². The number of carbonyl (C=O) groups excluding carboxylic acids is 1. The molecule has 2 heterocycles.